The standard InChI is InChI=1S/C6H11NO3.C6H11NO2/c8-4-1-2-5(6(9)10)7-3-4;8-6(9)5-3-1-2-4-7-5/h4-5,7-8H,1-3H2,(H,9,10);5,7H,1-4H2,(H,8,9)/t4-,5-;5-/m00/s1. The van der Waals surface area contributed by atoms with Crippen LogP contribution < -0.4 is 10.6 Å². The molecule has 0 aliphatic carbocycles. The molecular formula is C12H22N2O5. The van der Waals surface area contributed by atoms with Gasteiger partial charge >= 0.3 is 11.9 Å². The molecule has 0 amide bonds. The summed E-state index contributed by atoms with van der Waals surface area (Å²) in [5, 5.41) is 31.5. The molecule has 0 aromatic carbocycles. The van der Waals surface area contributed by atoms with Crippen LogP contribution in [0.15, 0.2) is 0 Å². The lowest BCUT2D eigenvalue weighted by molar-refractivity contribution is -0.141. The number of nitrogens with one attached hydrogen (secondary N) is 2. The lowest BCUT2D eigenvalue weighted by Gasteiger charge is -2.23. The smallest absolute Gasteiger partial charge is 0.320 e. The zero-order valence-electron chi connectivity index (χ0n) is 10.8. The Labute approximate surface area is 112 Å². The fourth-order valence-electron chi connectivity index (χ4n) is 2.11. The number of β-amino-alcohol motifs (C(OH)–C–C–N with tert-alkyl or cyclic N) is 1. The first kappa shape index (κ1) is 15.9. The van der Waals surface area contributed by atoms with Crippen molar-refractivity contribution >= 4 is 11.9 Å². The largest absolute Gasteiger partial charge is 0.480 e. The molecule has 2 aliphatic heterocycles. The highest BCUT2D eigenvalue weighted by Gasteiger charge is 2.23. The SMILES string of the molecule is O=C(O)[C@@H]1CCCCN1.O=C(O)[C@@H]1CC[C@H](O)CN1. The zero-order chi connectivity index (χ0) is 14.3. The van der Waals surface area contributed by atoms with E-state index in [1.165, 1.54) is 0 Å². The van der Waals surface area contributed by atoms with E-state index < -0.39 is 18.0 Å². The normalized spacial score (nSPS) is 30.9. The van der Waals surface area contributed by atoms with Crippen LogP contribution in [0.5, 0.6) is 0 Å². The monoisotopic (exact) mass is 274 g/mol. The third-order valence-electron chi connectivity index (χ3n) is 3.29. The number of aliphatic hydroxyl groups is 1. The molecule has 7 heteroatoms. The van der Waals surface area contributed by atoms with Gasteiger partial charge in [0.25, 0.3) is 0 Å². The molecule has 3 atom stereocenters. The van der Waals surface area contributed by atoms with Gasteiger partial charge in [-0.25, -0.2) is 0 Å². The van der Waals surface area contributed by atoms with Gasteiger partial charge in [0.2, 0.25) is 0 Å². The third kappa shape index (κ3) is 6.00. The van der Waals surface area contributed by atoms with Gasteiger partial charge < -0.3 is 26.0 Å². The molecule has 0 unspecified atom stereocenters. The van der Waals surface area contributed by atoms with Crippen LogP contribution in [0.3, 0.4) is 0 Å². The maximum Gasteiger partial charge on any atom is 0.320 e. The quantitative estimate of drug-likeness (QED) is 0.456. The summed E-state index contributed by atoms with van der Waals surface area (Å²) in [4.78, 5) is 20.6. The van der Waals surface area contributed by atoms with Gasteiger partial charge in [0.05, 0.1) is 6.10 Å². The zero-order valence-corrected chi connectivity index (χ0v) is 10.8. The summed E-state index contributed by atoms with van der Waals surface area (Å²) in [6.07, 6.45) is 3.69. The minimum atomic E-state index is -0.827. The Bertz CT molecular complexity index is 296. The second-order valence-corrected chi connectivity index (χ2v) is 4.87. The molecule has 7 nitrogen and oxygen atoms in total. The summed E-state index contributed by atoms with van der Waals surface area (Å²) >= 11 is 0. The van der Waals surface area contributed by atoms with Gasteiger partial charge in [0, 0.05) is 6.54 Å². The Balaban J connectivity index is 0.000000191. The van der Waals surface area contributed by atoms with Crippen molar-refractivity contribution < 1.29 is 24.9 Å². The van der Waals surface area contributed by atoms with Crippen LogP contribution in [-0.4, -0.2) is 58.5 Å². The number of aliphatic hydroxyl groups excluding tert-OH is 1. The lowest BCUT2D eigenvalue weighted by Crippen LogP contribution is -2.45. The summed E-state index contributed by atoms with van der Waals surface area (Å²) in [6.45, 7) is 1.26. The van der Waals surface area contributed by atoms with E-state index in [1.807, 2.05) is 0 Å². The molecule has 0 spiro atoms. The Morgan fingerprint density at radius 3 is 1.89 bits per heavy atom. The molecule has 0 bridgehead atoms. The molecule has 2 saturated heterocycles. The number of piperidine rings is 2. The molecular weight excluding hydrogens is 252 g/mol. The number of rotatable bonds is 2. The average Bonchev–Trinajstić information content (AvgIpc) is 2.41. The molecule has 5 N–H and O–H groups in total. The third-order valence-corrected chi connectivity index (χ3v) is 3.29. The Morgan fingerprint density at radius 1 is 0.895 bits per heavy atom. The lowest BCUT2D eigenvalue weighted by atomic mass is 10.0. The van der Waals surface area contributed by atoms with E-state index in [0.29, 0.717) is 19.4 Å². The van der Waals surface area contributed by atoms with Gasteiger partial charge in [0.1, 0.15) is 12.1 Å². The van der Waals surface area contributed by atoms with E-state index in [9.17, 15) is 9.59 Å². The number of hydrogen-bond acceptors (Lipinski definition) is 5. The first-order valence-corrected chi connectivity index (χ1v) is 6.61. The van der Waals surface area contributed by atoms with Gasteiger partial charge in [-0.3, -0.25) is 9.59 Å². The molecule has 110 valence electrons. The van der Waals surface area contributed by atoms with E-state index in [4.69, 9.17) is 15.3 Å². The second-order valence-electron chi connectivity index (χ2n) is 4.87. The van der Waals surface area contributed by atoms with Crippen molar-refractivity contribution in [3.05, 3.63) is 0 Å². The van der Waals surface area contributed by atoms with Crippen molar-refractivity contribution in [3.8, 4) is 0 Å². The average molecular weight is 274 g/mol. The van der Waals surface area contributed by atoms with Gasteiger partial charge in [-0.2, -0.15) is 0 Å². The predicted octanol–water partition coefficient (Wildman–Crippen LogP) is -0.603. The summed E-state index contributed by atoms with van der Waals surface area (Å²) in [5.74, 6) is -1.54. The van der Waals surface area contributed by atoms with Crippen LogP contribution in [0.1, 0.15) is 32.1 Å². The van der Waals surface area contributed by atoms with Gasteiger partial charge in [0.15, 0.2) is 0 Å². The highest BCUT2D eigenvalue weighted by molar-refractivity contribution is 5.73. The van der Waals surface area contributed by atoms with Crippen LogP contribution in [0.2, 0.25) is 0 Å². The fraction of sp³-hybridized carbons (Fsp3) is 0.833. The van der Waals surface area contributed by atoms with Crippen LogP contribution in [0.4, 0.5) is 0 Å². The molecule has 0 aromatic heterocycles. The summed E-state index contributed by atoms with van der Waals surface area (Å²) in [5.41, 5.74) is 0. The summed E-state index contributed by atoms with van der Waals surface area (Å²) < 4.78 is 0. The minimum Gasteiger partial charge on any atom is -0.480 e. The van der Waals surface area contributed by atoms with Crippen molar-refractivity contribution in [2.75, 3.05) is 13.1 Å². The van der Waals surface area contributed by atoms with Crippen molar-refractivity contribution in [2.45, 2.75) is 50.3 Å². The first-order valence-electron chi connectivity index (χ1n) is 6.61. The van der Waals surface area contributed by atoms with E-state index in [-0.39, 0.29) is 12.1 Å². The van der Waals surface area contributed by atoms with E-state index >= 15 is 0 Å². The Hall–Kier alpha value is -1.18. The van der Waals surface area contributed by atoms with Gasteiger partial charge in [-0.1, -0.05) is 6.42 Å². The number of hydrogen-bond donors (Lipinski definition) is 5. The van der Waals surface area contributed by atoms with Gasteiger partial charge in [-0.15, -0.1) is 0 Å². The van der Waals surface area contributed by atoms with Crippen molar-refractivity contribution in [1.82, 2.24) is 10.6 Å². The van der Waals surface area contributed by atoms with Crippen molar-refractivity contribution in [2.24, 2.45) is 0 Å². The minimum absolute atomic E-state index is 0.279. The number of carbonyl (C=O) groups is 2. The van der Waals surface area contributed by atoms with E-state index in [2.05, 4.69) is 10.6 Å². The first-order chi connectivity index (χ1) is 9.00. The Morgan fingerprint density at radius 2 is 1.53 bits per heavy atom. The number of carboxylic acid groups (broad SMARTS) is 2. The van der Waals surface area contributed by atoms with E-state index in [0.717, 1.165) is 25.8 Å². The molecule has 0 saturated carbocycles. The topological polar surface area (TPSA) is 119 Å². The molecule has 2 fully saturated rings. The number of aliphatic carboxylic acids is 2. The second kappa shape index (κ2) is 8.08. The van der Waals surface area contributed by atoms with Crippen molar-refractivity contribution in [1.29, 1.82) is 0 Å². The summed E-state index contributed by atoms with van der Waals surface area (Å²) in [7, 11) is 0. The fourth-order valence-corrected chi connectivity index (χ4v) is 2.11. The van der Waals surface area contributed by atoms with Crippen LogP contribution >= 0.6 is 0 Å². The molecule has 2 heterocycles. The van der Waals surface area contributed by atoms with Crippen molar-refractivity contribution in [3.63, 3.8) is 0 Å². The van der Waals surface area contributed by atoms with Gasteiger partial charge in [-0.05, 0) is 32.2 Å². The molecule has 0 aromatic rings. The van der Waals surface area contributed by atoms with Crippen LogP contribution in [0, 0.1) is 0 Å². The highest BCUT2D eigenvalue weighted by atomic mass is 16.4. The maximum atomic E-state index is 10.3. The summed E-state index contributed by atoms with van der Waals surface area (Å²) in [6, 6.07) is -0.734. The molecule has 2 rings (SSSR count). The number of carboxylic acids is 2. The van der Waals surface area contributed by atoms with E-state index in [1.54, 1.807) is 0 Å². The Kier molecular flexibility index (Phi) is 6.75. The molecule has 2 aliphatic rings. The van der Waals surface area contributed by atoms with Crippen LogP contribution in [-0.2, 0) is 9.59 Å². The predicted molar refractivity (Wildman–Crippen MR) is 67.9 cm³/mol. The maximum absolute atomic E-state index is 10.3. The highest BCUT2D eigenvalue weighted by Crippen LogP contribution is 2.07. The van der Waals surface area contributed by atoms with Crippen LogP contribution in [0.25, 0.3) is 0 Å². The molecule has 19 heavy (non-hydrogen) atoms. The molecule has 0 radical (unpaired) electrons.